The molecule has 0 rings (SSSR count). The van der Waals surface area contributed by atoms with Crippen LogP contribution in [0.4, 0.5) is 0 Å². The Hall–Kier alpha value is -1.18. The number of nitrogens with one attached hydrogen (secondary N) is 1. The molecule has 9 N–H and O–H groups in total. The second-order valence-electron chi connectivity index (χ2n) is 3.67. The van der Waals surface area contributed by atoms with Gasteiger partial charge in [-0.2, -0.15) is 0 Å². The Morgan fingerprint density at radius 3 is 2.31 bits per heavy atom. The third kappa shape index (κ3) is 6.33. The molecule has 2 amide bonds. The zero-order chi connectivity index (χ0) is 12.6. The third-order valence-corrected chi connectivity index (χ3v) is 2.29. The van der Waals surface area contributed by atoms with E-state index in [9.17, 15) is 9.59 Å². The maximum Gasteiger partial charge on any atom is 0.222 e. The summed E-state index contributed by atoms with van der Waals surface area (Å²) in [5.41, 5.74) is 21.3. The molecule has 0 aliphatic carbocycles. The summed E-state index contributed by atoms with van der Waals surface area (Å²) in [6.07, 6.45) is 0.397. The smallest absolute Gasteiger partial charge is 0.222 e. The number of amides is 2. The first kappa shape index (κ1) is 14.8. The largest absolute Gasteiger partial charge is 0.370 e. The van der Waals surface area contributed by atoms with E-state index in [4.69, 9.17) is 22.9 Å². The molecule has 0 radical (unpaired) electrons. The number of carbonyl (C=O) groups excluding carboxylic acids is 2. The molecule has 0 aliphatic heterocycles. The first-order valence-electron chi connectivity index (χ1n) is 5.23. The minimum atomic E-state index is -0.544. The van der Waals surface area contributed by atoms with Crippen LogP contribution < -0.4 is 28.3 Å². The van der Waals surface area contributed by atoms with Crippen LogP contribution in [0.5, 0.6) is 0 Å². The lowest BCUT2D eigenvalue weighted by molar-refractivity contribution is -0.123. The lowest BCUT2D eigenvalue weighted by Gasteiger charge is -2.20. The Labute approximate surface area is 94.9 Å². The SMILES string of the molecule is NCCNCC(N)C(CCC(N)=O)C(N)=O. The molecule has 2 atom stereocenters. The van der Waals surface area contributed by atoms with Crippen LogP contribution in [0.2, 0.25) is 0 Å². The molecule has 0 aliphatic rings. The van der Waals surface area contributed by atoms with Gasteiger partial charge in [0.1, 0.15) is 0 Å². The number of nitrogens with two attached hydrogens (primary N) is 4. The molecule has 0 saturated heterocycles. The van der Waals surface area contributed by atoms with E-state index in [0.717, 1.165) is 0 Å². The fourth-order valence-corrected chi connectivity index (χ4v) is 1.38. The van der Waals surface area contributed by atoms with Crippen LogP contribution in [0.25, 0.3) is 0 Å². The number of rotatable bonds is 9. The van der Waals surface area contributed by atoms with E-state index < -0.39 is 23.8 Å². The number of hydrogen-bond donors (Lipinski definition) is 5. The summed E-state index contributed by atoms with van der Waals surface area (Å²) in [7, 11) is 0. The number of hydrogen-bond acceptors (Lipinski definition) is 5. The van der Waals surface area contributed by atoms with Crippen molar-refractivity contribution in [3.05, 3.63) is 0 Å². The predicted molar refractivity (Wildman–Crippen MR) is 61.0 cm³/mol. The average molecular weight is 231 g/mol. The summed E-state index contributed by atoms with van der Waals surface area (Å²) in [5, 5.41) is 2.98. The van der Waals surface area contributed by atoms with E-state index in [1.807, 2.05) is 0 Å². The van der Waals surface area contributed by atoms with Crippen molar-refractivity contribution in [1.82, 2.24) is 5.32 Å². The van der Waals surface area contributed by atoms with E-state index in [1.54, 1.807) is 0 Å². The van der Waals surface area contributed by atoms with Crippen molar-refractivity contribution >= 4 is 11.8 Å². The minimum absolute atomic E-state index is 0.109. The van der Waals surface area contributed by atoms with Crippen molar-refractivity contribution in [3.8, 4) is 0 Å². The van der Waals surface area contributed by atoms with Crippen molar-refractivity contribution in [3.63, 3.8) is 0 Å². The first-order valence-corrected chi connectivity index (χ1v) is 5.23. The van der Waals surface area contributed by atoms with Gasteiger partial charge in [-0.25, -0.2) is 0 Å². The summed E-state index contributed by atoms with van der Waals surface area (Å²) in [5.74, 6) is -1.52. The van der Waals surface area contributed by atoms with Crippen molar-refractivity contribution in [2.75, 3.05) is 19.6 Å². The molecule has 0 fully saturated rings. The van der Waals surface area contributed by atoms with E-state index >= 15 is 0 Å². The van der Waals surface area contributed by atoms with Crippen LogP contribution in [0, 0.1) is 5.92 Å². The molecule has 0 heterocycles. The van der Waals surface area contributed by atoms with E-state index in [1.165, 1.54) is 0 Å². The quantitative estimate of drug-likeness (QED) is 0.272. The number of primary amides is 2. The maximum absolute atomic E-state index is 11.1. The van der Waals surface area contributed by atoms with Gasteiger partial charge < -0.3 is 28.3 Å². The second-order valence-corrected chi connectivity index (χ2v) is 3.67. The molecule has 16 heavy (non-hydrogen) atoms. The first-order chi connectivity index (χ1) is 7.49. The fraction of sp³-hybridized carbons (Fsp3) is 0.778. The lowest BCUT2D eigenvalue weighted by atomic mass is 9.94. The summed E-state index contributed by atoms with van der Waals surface area (Å²) < 4.78 is 0. The molecule has 7 nitrogen and oxygen atoms in total. The molecular formula is C9H21N5O2. The zero-order valence-electron chi connectivity index (χ0n) is 9.32. The van der Waals surface area contributed by atoms with Crippen LogP contribution in [0.15, 0.2) is 0 Å². The summed E-state index contributed by atoms with van der Waals surface area (Å²) in [4.78, 5) is 21.7. The highest BCUT2D eigenvalue weighted by atomic mass is 16.1. The average Bonchev–Trinajstić information content (AvgIpc) is 2.17. The normalized spacial score (nSPS) is 14.4. The Balaban J connectivity index is 4.08. The van der Waals surface area contributed by atoms with Gasteiger partial charge in [0.05, 0.1) is 5.92 Å². The molecule has 0 aromatic rings. The molecule has 0 aromatic carbocycles. The lowest BCUT2D eigenvalue weighted by Crippen LogP contribution is -2.46. The third-order valence-electron chi connectivity index (χ3n) is 2.29. The van der Waals surface area contributed by atoms with Gasteiger partial charge in [-0.05, 0) is 6.42 Å². The van der Waals surface area contributed by atoms with Gasteiger partial charge in [-0.15, -0.1) is 0 Å². The highest BCUT2D eigenvalue weighted by Crippen LogP contribution is 2.09. The van der Waals surface area contributed by atoms with Gasteiger partial charge in [-0.3, -0.25) is 9.59 Å². The van der Waals surface area contributed by atoms with Crippen molar-refractivity contribution in [1.29, 1.82) is 0 Å². The van der Waals surface area contributed by atoms with E-state index in [2.05, 4.69) is 5.32 Å². The summed E-state index contributed by atoms with van der Waals surface area (Å²) in [6, 6.07) is -0.427. The molecule has 0 bridgehead atoms. The topological polar surface area (TPSA) is 150 Å². The van der Waals surface area contributed by atoms with Gasteiger partial charge in [0.15, 0.2) is 0 Å². The maximum atomic E-state index is 11.1. The minimum Gasteiger partial charge on any atom is -0.370 e. The van der Waals surface area contributed by atoms with Crippen LogP contribution >= 0.6 is 0 Å². The Morgan fingerprint density at radius 1 is 1.25 bits per heavy atom. The summed E-state index contributed by atoms with van der Waals surface area (Å²) >= 11 is 0. The molecule has 94 valence electrons. The second kappa shape index (κ2) is 8.03. The van der Waals surface area contributed by atoms with Gasteiger partial charge in [0.2, 0.25) is 11.8 Å². The standard InChI is InChI=1S/C9H21N5O2/c10-3-4-14-5-7(11)6(9(13)16)1-2-8(12)15/h6-7,14H,1-5,10-11H2,(H2,12,15)(H2,13,16). The monoisotopic (exact) mass is 231 g/mol. The number of carbonyl (C=O) groups is 2. The Morgan fingerprint density at radius 2 is 1.88 bits per heavy atom. The van der Waals surface area contributed by atoms with Crippen molar-refractivity contribution < 1.29 is 9.59 Å². The highest BCUT2D eigenvalue weighted by Gasteiger charge is 2.23. The predicted octanol–water partition coefficient (Wildman–Crippen LogP) is -2.77. The van der Waals surface area contributed by atoms with Crippen molar-refractivity contribution in [2.45, 2.75) is 18.9 Å². The Bertz CT molecular complexity index is 234. The van der Waals surface area contributed by atoms with Gasteiger partial charge in [-0.1, -0.05) is 0 Å². The molecule has 7 heteroatoms. The molecular weight excluding hydrogens is 210 g/mol. The summed E-state index contributed by atoms with van der Waals surface area (Å²) in [6.45, 7) is 1.55. The van der Waals surface area contributed by atoms with Crippen LogP contribution in [-0.2, 0) is 9.59 Å². The van der Waals surface area contributed by atoms with Gasteiger partial charge in [0, 0.05) is 32.1 Å². The van der Waals surface area contributed by atoms with Crippen LogP contribution in [0.1, 0.15) is 12.8 Å². The molecule has 0 saturated carbocycles. The van der Waals surface area contributed by atoms with Crippen LogP contribution in [0.3, 0.4) is 0 Å². The van der Waals surface area contributed by atoms with Gasteiger partial charge >= 0.3 is 0 Å². The molecule has 0 spiro atoms. The van der Waals surface area contributed by atoms with Gasteiger partial charge in [0.25, 0.3) is 0 Å². The van der Waals surface area contributed by atoms with Crippen molar-refractivity contribution in [2.24, 2.45) is 28.9 Å². The van der Waals surface area contributed by atoms with E-state index in [-0.39, 0.29) is 12.8 Å². The zero-order valence-corrected chi connectivity index (χ0v) is 9.32. The van der Waals surface area contributed by atoms with Crippen LogP contribution in [-0.4, -0.2) is 37.5 Å². The fourth-order valence-electron chi connectivity index (χ4n) is 1.38. The van der Waals surface area contributed by atoms with E-state index in [0.29, 0.717) is 19.6 Å². The molecule has 2 unspecified atom stereocenters. The highest BCUT2D eigenvalue weighted by molar-refractivity contribution is 5.79. The molecule has 0 aromatic heterocycles. The Kier molecular flexibility index (Phi) is 7.44.